The van der Waals surface area contributed by atoms with Gasteiger partial charge in [0, 0.05) is 13.0 Å². The lowest BCUT2D eigenvalue weighted by molar-refractivity contribution is -0.283. The Balaban J connectivity index is 0. The van der Waals surface area contributed by atoms with Gasteiger partial charge in [-0.05, 0) is 0 Å². The molecule has 0 bridgehead atoms. The Morgan fingerprint density at radius 2 is 1.82 bits per heavy atom. The number of carboxylic acid groups (broad SMARTS) is 1. The summed E-state index contributed by atoms with van der Waals surface area (Å²) in [5.41, 5.74) is 0. The van der Waals surface area contributed by atoms with Crippen LogP contribution in [0.15, 0.2) is 0 Å². The number of aliphatic hydroxyl groups excluding tert-OH is 2. The van der Waals surface area contributed by atoms with E-state index < -0.39 is 42.5 Å². The molecule has 1 rings (SSSR count). The third-order valence-corrected chi connectivity index (χ3v) is 3.25. The second-order valence-corrected chi connectivity index (χ2v) is 4.66. The van der Waals surface area contributed by atoms with Gasteiger partial charge in [0.2, 0.25) is 0 Å². The van der Waals surface area contributed by atoms with Gasteiger partial charge < -0.3 is 29.5 Å². The standard InChI is InChI=1S/C12H20O8.2CH4/c1-6-7(5-13)19-12(18-2)10(17)11(6)20-9(16)4-3-8(14)15;;/h6-7,10-13,17H,3-5H2,1-2H3,(H,14,15);2*1H4. The van der Waals surface area contributed by atoms with E-state index in [1.165, 1.54) is 7.11 Å². The lowest BCUT2D eigenvalue weighted by Gasteiger charge is -2.41. The molecule has 0 aromatic heterocycles. The van der Waals surface area contributed by atoms with Crippen molar-refractivity contribution in [1.29, 1.82) is 0 Å². The van der Waals surface area contributed by atoms with Gasteiger partial charge in [0.05, 0.1) is 25.6 Å². The Bertz CT molecular complexity index is 330. The summed E-state index contributed by atoms with van der Waals surface area (Å²) >= 11 is 0. The third-order valence-electron chi connectivity index (χ3n) is 3.25. The van der Waals surface area contributed by atoms with Gasteiger partial charge in [0.15, 0.2) is 6.29 Å². The number of ether oxygens (including phenoxy) is 3. The predicted molar refractivity (Wildman–Crippen MR) is 78.1 cm³/mol. The summed E-state index contributed by atoms with van der Waals surface area (Å²) in [4.78, 5) is 21.9. The molecule has 0 saturated carbocycles. The van der Waals surface area contributed by atoms with Crippen LogP contribution in [0.25, 0.3) is 0 Å². The molecule has 1 saturated heterocycles. The maximum absolute atomic E-state index is 11.6. The van der Waals surface area contributed by atoms with Crippen molar-refractivity contribution in [3.8, 4) is 0 Å². The Morgan fingerprint density at radius 3 is 2.27 bits per heavy atom. The molecule has 0 aromatic carbocycles. The van der Waals surface area contributed by atoms with Crippen LogP contribution in [0, 0.1) is 5.92 Å². The molecule has 1 fully saturated rings. The second-order valence-electron chi connectivity index (χ2n) is 4.66. The number of esters is 1. The van der Waals surface area contributed by atoms with E-state index in [0.29, 0.717) is 0 Å². The van der Waals surface area contributed by atoms with Crippen LogP contribution in [0.5, 0.6) is 0 Å². The molecule has 3 N–H and O–H groups in total. The second kappa shape index (κ2) is 10.5. The highest BCUT2D eigenvalue weighted by atomic mass is 16.7. The molecular weight excluding hydrogens is 296 g/mol. The maximum atomic E-state index is 11.6. The zero-order valence-electron chi connectivity index (χ0n) is 11.4. The SMILES string of the molecule is C.C.COC1OC(CO)C(C)C(OC(=O)CCC(=O)O)C1O. The van der Waals surface area contributed by atoms with E-state index in [2.05, 4.69) is 0 Å². The fourth-order valence-corrected chi connectivity index (χ4v) is 2.06. The zero-order chi connectivity index (χ0) is 15.3. The first-order valence-electron chi connectivity index (χ1n) is 6.29. The van der Waals surface area contributed by atoms with Gasteiger partial charge in [-0.2, -0.15) is 0 Å². The molecule has 22 heavy (non-hydrogen) atoms. The van der Waals surface area contributed by atoms with Gasteiger partial charge in [0.1, 0.15) is 12.2 Å². The smallest absolute Gasteiger partial charge is 0.306 e. The number of carbonyl (C=O) groups is 2. The van der Waals surface area contributed by atoms with Crippen molar-refractivity contribution in [1.82, 2.24) is 0 Å². The van der Waals surface area contributed by atoms with Crippen molar-refractivity contribution in [2.45, 2.75) is 59.2 Å². The number of rotatable bonds is 6. The van der Waals surface area contributed by atoms with Crippen molar-refractivity contribution >= 4 is 11.9 Å². The molecule has 1 heterocycles. The third kappa shape index (κ3) is 5.88. The highest BCUT2D eigenvalue weighted by Crippen LogP contribution is 2.28. The van der Waals surface area contributed by atoms with Gasteiger partial charge in [0.25, 0.3) is 0 Å². The number of aliphatic hydroxyl groups is 2. The molecule has 0 radical (unpaired) electrons. The topological polar surface area (TPSA) is 123 Å². The Hall–Kier alpha value is -1.22. The number of hydrogen-bond donors (Lipinski definition) is 3. The van der Waals surface area contributed by atoms with Crippen LogP contribution in [-0.2, 0) is 23.8 Å². The minimum atomic E-state index is -1.20. The minimum Gasteiger partial charge on any atom is -0.481 e. The van der Waals surface area contributed by atoms with Crippen LogP contribution in [0.2, 0.25) is 0 Å². The van der Waals surface area contributed by atoms with E-state index in [-0.39, 0.29) is 34.3 Å². The molecule has 0 spiro atoms. The van der Waals surface area contributed by atoms with Crippen LogP contribution in [0.3, 0.4) is 0 Å². The molecule has 8 heteroatoms. The number of carbonyl (C=O) groups excluding carboxylic acids is 1. The first kappa shape index (κ1) is 23.1. The van der Waals surface area contributed by atoms with Crippen LogP contribution in [0.4, 0.5) is 0 Å². The Morgan fingerprint density at radius 1 is 1.23 bits per heavy atom. The summed E-state index contributed by atoms with van der Waals surface area (Å²) in [5.74, 6) is -2.28. The Labute approximate surface area is 131 Å². The fourth-order valence-electron chi connectivity index (χ4n) is 2.06. The molecular formula is C14H28O8. The summed E-state index contributed by atoms with van der Waals surface area (Å²) in [6, 6.07) is 0. The van der Waals surface area contributed by atoms with E-state index in [1.54, 1.807) is 6.92 Å². The quantitative estimate of drug-likeness (QED) is 0.600. The summed E-state index contributed by atoms with van der Waals surface area (Å²) in [6.45, 7) is 1.35. The van der Waals surface area contributed by atoms with E-state index in [4.69, 9.17) is 19.3 Å². The number of aliphatic carboxylic acids is 1. The largest absolute Gasteiger partial charge is 0.481 e. The molecule has 1 aliphatic rings. The average molecular weight is 324 g/mol. The van der Waals surface area contributed by atoms with Crippen molar-refractivity contribution in [3.05, 3.63) is 0 Å². The number of hydrogen-bond acceptors (Lipinski definition) is 7. The molecule has 0 amide bonds. The van der Waals surface area contributed by atoms with E-state index in [0.717, 1.165) is 0 Å². The highest BCUT2D eigenvalue weighted by Gasteiger charge is 2.45. The van der Waals surface area contributed by atoms with Gasteiger partial charge in [-0.3, -0.25) is 9.59 Å². The molecule has 132 valence electrons. The zero-order valence-corrected chi connectivity index (χ0v) is 11.4. The van der Waals surface area contributed by atoms with Crippen molar-refractivity contribution in [2.24, 2.45) is 5.92 Å². The lowest BCUT2D eigenvalue weighted by Crippen LogP contribution is -2.56. The maximum Gasteiger partial charge on any atom is 0.306 e. The molecule has 1 aliphatic heterocycles. The van der Waals surface area contributed by atoms with E-state index in [9.17, 15) is 19.8 Å². The molecule has 0 aromatic rings. The predicted octanol–water partition coefficient (Wildman–Crippen LogP) is 0.396. The summed E-state index contributed by atoms with van der Waals surface area (Å²) in [6.07, 6.45) is -4.41. The van der Waals surface area contributed by atoms with Crippen molar-refractivity contribution in [3.63, 3.8) is 0 Å². The van der Waals surface area contributed by atoms with Crippen LogP contribution >= 0.6 is 0 Å². The first-order valence-corrected chi connectivity index (χ1v) is 6.29. The van der Waals surface area contributed by atoms with Gasteiger partial charge in [-0.25, -0.2) is 0 Å². The van der Waals surface area contributed by atoms with Crippen LogP contribution < -0.4 is 0 Å². The highest BCUT2D eigenvalue weighted by molar-refractivity contribution is 5.76. The van der Waals surface area contributed by atoms with E-state index in [1.807, 2.05) is 0 Å². The van der Waals surface area contributed by atoms with Crippen molar-refractivity contribution in [2.75, 3.05) is 13.7 Å². The summed E-state index contributed by atoms with van der Waals surface area (Å²) in [7, 11) is 1.32. The Kier molecular flexibility index (Phi) is 11.0. The van der Waals surface area contributed by atoms with Gasteiger partial charge in [-0.1, -0.05) is 21.8 Å². The fraction of sp³-hybridized carbons (Fsp3) is 0.857. The minimum absolute atomic E-state index is 0. The van der Waals surface area contributed by atoms with E-state index >= 15 is 0 Å². The molecule has 8 nitrogen and oxygen atoms in total. The lowest BCUT2D eigenvalue weighted by atomic mass is 9.90. The van der Waals surface area contributed by atoms with Crippen LogP contribution in [0.1, 0.15) is 34.6 Å². The van der Waals surface area contributed by atoms with Gasteiger partial charge >= 0.3 is 11.9 Å². The molecule has 5 unspecified atom stereocenters. The summed E-state index contributed by atoms with van der Waals surface area (Å²) < 4.78 is 15.3. The first-order chi connectivity index (χ1) is 9.40. The number of methoxy groups -OCH3 is 1. The monoisotopic (exact) mass is 324 g/mol. The molecule has 0 aliphatic carbocycles. The van der Waals surface area contributed by atoms with Crippen LogP contribution in [-0.4, -0.2) is 65.6 Å². The van der Waals surface area contributed by atoms with Gasteiger partial charge in [-0.15, -0.1) is 0 Å². The summed E-state index contributed by atoms with van der Waals surface area (Å²) in [5, 5.41) is 27.7. The normalized spacial score (nSPS) is 30.6. The number of carboxylic acids is 1. The van der Waals surface area contributed by atoms with Crippen molar-refractivity contribution < 1.29 is 39.1 Å². The molecule has 5 atom stereocenters. The average Bonchev–Trinajstić information content (AvgIpc) is 2.41.